The molecule has 3 heteroatoms. The number of nitrogens with one attached hydrogen (secondary N) is 1. The minimum Gasteiger partial charge on any atom is -0.314 e. The Balaban J connectivity index is 1.64. The fraction of sp³-hybridized carbons (Fsp3) is 1.00. The largest absolute Gasteiger partial charge is 0.314 e. The highest BCUT2D eigenvalue weighted by molar-refractivity contribution is 8.00. The molecule has 1 N–H and O–H groups in total. The molecule has 0 aromatic rings. The molecule has 0 aliphatic carbocycles. The molecular weight excluding hydrogens is 216 g/mol. The maximum absolute atomic E-state index is 3.65. The molecule has 0 spiro atoms. The third kappa shape index (κ3) is 3.94. The van der Waals surface area contributed by atoms with E-state index in [0.29, 0.717) is 0 Å². The van der Waals surface area contributed by atoms with Crippen LogP contribution in [0.2, 0.25) is 0 Å². The average Bonchev–Trinajstić information content (AvgIpc) is 2.38. The van der Waals surface area contributed by atoms with E-state index in [1.165, 1.54) is 64.0 Å². The van der Waals surface area contributed by atoms with Crippen LogP contribution < -0.4 is 5.32 Å². The molecule has 0 saturated carbocycles. The van der Waals surface area contributed by atoms with Gasteiger partial charge in [-0.15, -0.1) is 0 Å². The van der Waals surface area contributed by atoms with E-state index in [1.807, 2.05) is 0 Å². The molecule has 16 heavy (non-hydrogen) atoms. The zero-order valence-electron chi connectivity index (χ0n) is 10.6. The molecule has 0 bridgehead atoms. The fourth-order valence-electron chi connectivity index (χ4n) is 2.74. The minimum absolute atomic E-state index is 0.809. The summed E-state index contributed by atoms with van der Waals surface area (Å²) in [5.74, 6) is 1.34. The molecular formula is C13H26N2S. The Labute approximate surface area is 105 Å². The number of hydrogen-bond donors (Lipinski definition) is 1. The van der Waals surface area contributed by atoms with Crippen LogP contribution in [0, 0.1) is 0 Å². The van der Waals surface area contributed by atoms with Crippen molar-refractivity contribution in [2.75, 3.05) is 31.9 Å². The number of rotatable bonds is 4. The van der Waals surface area contributed by atoms with Crippen LogP contribution in [0.25, 0.3) is 0 Å². The summed E-state index contributed by atoms with van der Waals surface area (Å²) in [4.78, 5) is 2.68. The Bertz CT molecular complexity index is 192. The molecule has 0 aromatic heterocycles. The topological polar surface area (TPSA) is 15.3 Å². The van der Waals surface area contributed by atoms with Gasteiger partial charge in [0.05, 0.1) is 0 Å². The molecule has 2 nitrogen and oxygen atoms in total. The van der Waals surface area contributed by atoms with Gasteiger partial charge >= 0.3 is 0 Å². The zero-order chi connectivity index (χ0) is 11.2. The first-order valence-corrected chi connectivity index (χ1v) is 8.00. The Morgan fingerprint density at radius 1 is 1.38 bits per heavy atom. The average molecular weight is 242 g/mol. The summed E-state index contributed by atoms with van der Waals surface area (Å²) < 4.78 is 0. The second-order valence-electron chi connectivity index (χ2n) is 5.14. The van der Waals surface area contributed by atoms with Gasteiger partial charge in [0, 0.05) is 30.1 Å². The van der Waals surface area contributed by atoms with Crippen LogP contribution in [-0.4, -0.2) is 48.1 Å². The van der Waals surface area contributed by atoms with Gasteiger partial charge in [-0.1, -0.05) is 13.3 Å². The van der Waals surface area contributed by atoms with Crippen molar-refractivity contribution in [2.45, 2.75) is 50.3 Å². The smallest absolute Gasteiger partial charge is 0.0172 e. The normalized spacial score (nSPS) is 32.8. The van der Waals surface area contributed by atoms with Gasteiger partial charge in [-0.25, -0.2) is 0 Å². The van der Waals surface area contributed by atoms with Crippen LogP contribution in [0.3, 0.4) is 0 Å². The first-order chi connectivity index (χ1) is 7.88. The summed E-state index contributed by atoms with van der Waals surface area (Å²) in [6.45, 7) is 7.53. The maximum Gasteiger partial charge on any atom is 0.0172 e. The first kappa shape index (κ1) is 12.7. The van der Waals surface area contributed by atoms with Crippen molar-refractivity contribution in [1.82, 2.24) is 10.2 Å². The van der Waals surface area contributed by atoms with Gasteiger partial charge in [0.15, 0.2) is 0 Å². The second kappa shape index (κ2) is 6.87. The van der Waals surface area contributed by atoms with E-state index >= 15 is 0 Å². The number of thioether (sulfide) groups is 1. The predicted molar refractivity (Wildman–Crippen MR) is 73.2 cm³/mol. The van der Waals surface area contributed by atoms with E-state index in [4.69, 9.17) is 0 Å². The summed E-state index contributed by atoms with van der Waals surface area (Å²) in [5, 5.41) is 4.55. The van der Waals surface area contributed by atoms with Gasteiger partial charge in [-0.2, -0.15) is 11.8 Å². The Kier molecular flexibility index (Phi) is 5.46. The second-order valence-corrected chi connectivity index (χ2v) is 6.55. The molecule has 2 rings (SSSR count). The SMILES string of the molecule is CCC1CN(CCC2CCCCN2)CCS1. The lowest BCUT2D eigenvalue weighted by molar-refractivity contribution is 0.252. The molecule has 2 unspecified atom stereocenters. The lowest BCUT2D eigenvalue weighted by atomic mass is 10.0. The molecule has 94 valence electrons. The molecule has 0 radical (unpaired) electrons. The van der Waals surface area contributed by atoms with E-state index in [0.717, 1.165) is 11.3 Å². The van der Waals surface area contributed by atoms with Gasteiger partial charge in [-0.05, 0) is 38.8 Å². The summed E-state index contributed by atoms with van der Waals surface area (Å²) in [6.07, 6.45) is 6.92. The zero-order valence-corrected chi connectivity index (χ0v) is 11.4. The maximum atomic E-state index is 3.65. The van der Waals surface area contributed by atoms with Crippen molar-refractivity contribution in [1.29, 1.82) is 0 Å². The van der Waals surface area contributed by atoms with E-state index < -0.39 is 0 Å². The number of piperidine rings is 1. The standard InChI is InChI=1S/C13H26N2S/c1-2-13-11-15(9-10-16-13)8-6-12-5-3-4-7-14-12/h12-14H,2-11H2,1H3. The molecule has 2 atom stereocenters. The summed E-state index contributed by atoms with van der Waals surface area (Å²) in [5.41, 5.74) is 0. The Hall–Kier alpha value is 0.270. The highest BCUT2D eigenvalue weighted by atomic mass is 32.2. The molecule has 2 saturated heterocycles. The molecule has 2 fully saturated rings. The molecule has 0 amide bonds. The summed E-state index contributed by atoms with van der Waals surface area (Å²) >= 11 is 2.17. The number of nitrogens with zero attached hydrogens (tertiary/aromatic N) is 1. The van der Waals surface area contributed by atoms with E-state index in [9.17, 15) is 0 Å². The quantitative estimate of drug-likeness (QED) is 0.815. The first-order valence-electron chi connectivity index (χ1n) is 6.96. The third-order valence-corrected chi connectivity index (χ3v) is 5.26. The summed E-state index contributed by atoms with van der Waals surface area (Å²) in [7, 11) is 0. The van der Waals surface area contributed by atoms with Crippen LogP contribution in [0.5, 0.6) is 0 Å². The molecule has 2 aliphatic rings. The van der Waals surface area contributed by atoms with Gasteiger partial charge in [0.25, 0.3) is 0 Å². The van der Waals surface area contributed by atoms with Crippen LogP contribution in [0.4, 0.5) is 0 Å². The van der Waals surface area contributed by atoms with Crippen molar-refractivity contribution >= 4 is 11.8 Å². The van der Waals surface area contributed by atoms with Crippen molar-refractivity contribution in [3.63, 3.8) is 0 Å². The molecule has 2 heterocycles. The van der Waals surface area contributed by atoms with Crippen molar-refractivity contribution < 1.29 is 0 Å². The monoisotopic (exact) mass is 242 g/mol. The van der Waals surface area contributed by atoms with E-state index in [-0.39, 0.29) is 0 Å². The fourth-order valence-corrected chi connectivity index (χ4v) is 3.99. The summed E-state index contributed by atoms with van der Waals surface area (Å²) in [6, 6.07) is 0.809. The third-order valence-electron chi connectivity index (χ3n) is 3.88. The molecule has 0 aromatic carbocycles. The van der Waals surface area contributed by atoms with Crippen LogP contribution in [-0.2, 0) is 0 Å². The van der Waals surface area contributed by atoms with Gasteiger partial charge in [0.1, 0.15) is 0 Å². The van der Waals surface area contributed by atoms with Gasteiger partial charge in [-0.3, -0.25) is 0 Å². The van der Waals surface area contributed by atoms with E-state index in [2.05, 4.69) is 28.9 Å². The van der Waals surface area contributed by atoms with Crippen molar-refractivity contribution in [3.05, 3.63) is 0 Å². The minimum atomic E-state index is 0.809. The van der Waals surface area contributed by atoms with Gasteiger partial charge < -0.3 is 10.2 Å². The predicted octanol–water partition coefficient (Wildman–Crippen LogP) is 2.35. The highest BCUT2D eigenvalue weighted by Gasteiger charge is 2.20. The Morgan fingerprint density at radius 3 is 3.06 bits per heavy atom. The lowest BCUT2D eigenvalue weighted by Gasteiger charge is -2.33. The van der Waals surface area contributed by atoms with Crippen LogP contribution in [0.1, 0.15) is 39.0 Å². The van der Waals surface area contributed by atoms with Crippen LogP contribution in [0.15, 0.2) is 0 Å². The molecule has 2 aliphatic heterocycles. The highest BCUT2D eigenvalue weighted by Crippen LogP contribution is 2.21. The van der Waals surface area contributed by atoms with Crippen molar-refractivity contribution in [3.8, 4) is 0 Å². The number of hydrogen-bond acceptors (Lipinski definition) is 3. The Morgan fingerprint density at radius 2 is 2.31 bits per heavy atom. The lowest BCUT2D eigenvalue weighted by Crippen LogP contribution is -2.42. The van der Waals surface area contributed by atoms with E-state index in [1.54, 1.807) is 0 Å². The van der Waals surface area contributed by atoms with Crippen LogP contribution >= 0.6 is 11.8 Å². The van der Waals surface area contributed by atoms with Gasteiger partial charge in [0.2, 0.25) is 0 Å². The van der Waals surface area contributed by atoms with Crippen molar-refractivity contribution in [2.24, 2.45) is 0 Å².